The number of pyridine rings is 2. The van der Waals surface area contributed by atoms with Gasteiger partial charge < -0.3 is 15.0 Å². The maximum atomic E-state index is 14.1. The Kier molecular flexibility index (Phi) is 4.43. The lowest BCUT2D eigenvalue weighted by molar-refractivity contribution is -0.125. The van der Waals surface area contributed by atoms with Crippen molar-refractivity contribution in [2.45, 2.75) is 12.3 Å². The van der Waals surface area contributed by atoms with Gasteiger partial charge in [0.15, 0.2) is 0 Å². The molecule has 1 fully saturated rings. The number of fused-ring (bicyclic) bond motifs is 1. The zero-order chi connectivity index (χ0) is 19.8. The number of aromatic nitrogens is 2. The van der Waals surface area contributed by atoms with E-state index in [1.54, 1.807) is 11.0 Å². The van der Waals surface area contributed by atoms with Gasteiger partial charge in [0.05, 0.1) is 16.5 Å². The summed E-state index contributed by atoms with van der Waals surface area (Å²) in [7, 11) is 0. The monoisotopic (exact) mass is 379 g/mol. The van der Waals surface area contributed by atoms with Gasteiger partial charge in [-0.2, -0.15) is 0 Å². The Morgan fingerprint density at radius 1 is 1.39 bits per heavy atom. The number of phenolic OH excluding ortho intramolecular Hbond substituents is 1. The van der Waals surface area contributed by atoms with Crippen LogP contribution in [0.15, 0.2) is 54.0 Å². The van der Waals surface area contributed by atoms with E-state index in [1.807, 2.05) is 0 Å². The third-order valence-corrected chi connectivity index (χ3v) is 5.11. The Morgan fingerprint density at radius 2 is 2.21 bits per heavy atom. The second kappa shape index (κ2) is 6.92. The second-order valence-corrected chi connectivity index (χ2v) is 6.82. The number of hydrogen-bond donors (Lipinski definition) is 2. The normalized spacial score (nSPS) is 16.5. The topological polar surface area (TPSA) is 86.3 Å². The summed E-state index contributed by atoms with van der Waals surface area (Å²) < 4.78 is 14.1. The highest BCUT2D eigenvalue weighted by Gasteiger charge is 2.27. The van der Waals surface area contributed by atoms with Crippen LogP contribution in [0.4, 0.5) is 4.39 Å². The average molecular weight is 379 g/mol. The molecule has 3 aromatic rings. The predicted molar refractivity (Wildman–Crippen MR) is 104 cm³/mol. The number of aromatic hydroxyl groups is 1. The van der Waals surface area contributed by atoms with Crippen LogP contribution < -0.4 is 5.56 Å². The number of benzene rings is 1. The fraction of sp³-hybridized carbons (Fsp3) is 0.190. The predicted octanol–water partition coefficient (Wildman–Crippen LogP) is 2.94. The van der Waals surface area contributed by atoms with E-state index in [9.17, 15) is 19.1 Å². The van der Waals surface area contributed by atoms with Crippen LogP contribution in [0.3, 0.4) is 0 Å². The van der Waals surface area contributed by atoms with E-state index in [-0.39, 0.29) is 28.7 Å². The molecule has 1 aromatic carbocycles. The molecule has 28 heavy (non-hydrogen) atoms. The number of nitrogens with one attached hydrogen (secondary N) is 1. The molecule has 2 aromatic heterocycles. The summed E-state index contributed by atoms with van der Waals surface area (Å²) in [6.45, 7) is 4.61. The van der Waals surface area contributed by atoms with Gasteiger partial charge in [-0.05, 0) is 36.8 Å². The number of likely N-dealkylation sites (tertiary alicyclic amines) is 1. The van der Waals surface area contributed by atoms with Crippen molar-refractivity contribution in [3.05, 3.63) is 71.0 Å². The van der Waals surface area contributed by atoms with Crippen molar-refractivity contribution in [1.29, 1.82) is 0 Å². The number of hydrogen-bond acceptors (Lipinski definition) is 4. The van der Waals surface area contributed by atoms with Crippen molar-refractivity contribution in [3.8, 4) is 16.9 Å². The first-order valence-electron chi connectivity index (χ1n) is 8.90. The van der Waals surface area contributed by atoms with E-state index >= 15 is 0 Å². The molecule has 0 spiro atoms. The van der Waals surface area contributed by atoms with Crippen molar-refractivity contribution in [1.82, 2.24) is 14.9 Å². The highest BCUT2D eigenvalue weighted by molar-refractivity contribution is 5.87. The molecule has 7 heteroatoms. The lowest BCUT2D eigenvalue weighted by Crippen LogP contribution is -2.26. The lowest BCUT2D eigenvalue weighted by atomic mass is 10.0. The van der Waals surface area contributed by atoms with Crippen LogP contribution in [0.5, 0.6) is 5.75 Å². The SMILES string of the molecule is C=CC(=O)N1CCC(c2cc3ncc(-c4c(O)cccc4F)cc3c(=O)[nH]2)C1. The molecule has 6 nitrogen and oxygen atoms in total. The second-order valence-electron chi connectivity index (χ2n) is 6.82. The molecule has 0 saturated carbocycles. The average Bonchev–Trinajstić information content (AvgIpc) is 3.18. The van der Waals surface area contributed by atoms with Crippen LogP contribution in [-0.2, 0) is 4.79 Å². The maximum Gasteiger partial charge on any atom is 0.257 e. The molecule has 1 aliphatic rings. The van der Waals surface area contributed by atoms with Crippen LogP contribution in [0.1, 0.15) is 18.0 Å². The number of aromatic amines is 1. The van der Waals surface area contributed by atoms with Gasteiger partial charge in [0.2, 0.25) is 5.91 Å². The Hall–Kier alpha value is -3.48. The number of phenols is 1. The fourth-order valence-electron chi connectivity index (χ4n) is 3.65. The van der Waals surface area contributed by atoms with E-state index in [0.717, 1.165) is 6.42 Å². The smallest absolute Gasteiger partial charge is 0.257 e. The van der Waals surface area contributed by atoms with E-state index in [1.165, 1.54) is 36.5 Å². The van der Waals surface area contributed by atoms with Gasteiger partial charge in [-0.25, -0.2) is 4.39 Å². The van der Waals surface area contributed by atoms with Gasteiger partial charge in [-0.15, -0.1) is 0 Å². The quantitative estimate of drug-likeness (QED) is 0.685. The first-order chi connectivity index (χ1) is 13.5. The van der Waals surface area contributed by atoms with Gasteiger partial charge >= 0.3 is 0 Å². The number of carbonyl (C=O) groups excluding carboxylic acids is 1. The van der Waals surface area contributed by atoms with E-state index in [4.69, 9.17) is 0 Å². The Morgan fingerprint density at radius 3 is 2.96 bits per heavy atom. The fourth-order valence-corrected chi connectivity index (χ4v) is 3.65. The zero-order valence-electron chi connectivity index (χ0n) is 15.0. The Labute approximate surface area is 160 Å². The van der Waals surface area contributed by atoms with Crippen LogP contribution in [-0.4, -0.2) is 39.0 Å². The van der Waals surface area contributed by atoms with Gasteiger partial charge in [-0.1, -0.05) is 12.6 Å². The third-order valence-electron chi connectivity index (χ3n) is 5.11. The summed E-state index contributed by atoms with van der Waals surface area (Å²) in [6, 6.07) is 7.33. The van der Waals surface area contributed by atoms with Crippen LogP contribution in [0, 0.1) is 5.82 Å². The zero-order valence-corrected chi connectivity index (χ0v) is 15.0. The van der Waals surface area contributed by atoms with Crippen molar-refractivity contribution in [2.75, 3.05) is 13.1 Å². The lowest BCUT2D eigenvalue weighted by Gasteiger charge is -2.14. The molecule has 4 rings (SSSR count). The van der Waals surface area contributed by atoms with Gasteiger partial charge in [-0.3, -0.25) is 14.6 Å². The molecule has 0 bridgehead atoms. The molecule has 3 heterocycles. The summed E-state index contributed by atoms with van der Waals surface area (Å²) in [5, 5.41) is 10.3. The van der Waals surface area contributed by atoms with E-state index in [0.29, 0.717) is 35.2 Å². The van der Waals surface area contributed by atoms with E-state index < -0.39 is 5.82 Å². The summed E-state index contributed by atoms with van der Waals surface area (Å²) in [5.74, 6) is -0.921. The molecule has 0 aliphatic carbocycles. The maximum absolute atomic E-state index is 14.1. The summed E-state index contributed by atoms with van der Waals surface area (Å²) >= 11 is 0. The largest absolute Gasteiger partial charge is 0.507 e. The first-order valence-corrected chi connectivity index (χ1v) is 8.90. The Bertz CT molecular complexity index is 1140. The van der Waals surface area contributed by atoms with Gasteiger partial charge in [0, 0.05) is 36.5 Å². The van der Waals surface area contributed by atoms with Crippen molar-refractivity contribution < 1.29 is 14.3 Å². The van der Waals surface area contributed by atoms with Crippen LogP contribution in [0.25, 0.3) is 22.0 Å². The number of rotatable bonds is 3. The van der Waals surface area contributed by atoms with Crippen molar-refractivity contribution in [2.24, 2.45) is 0 Å². The summed E-state index contributed by atoms with van der Waals surface area (Å²) in [5.41, 5.74) is 1.18. The molecule has 142 valence electrons. The summed E-state index contributed by atoms with van der Waals surface area (Å²) in [4.78, 5) is 33.3. The number of H-pyrrole nitrogens is 1. The minimum absolute atomic E-state index is 0.00903. The summed E-state index contributed by atoms with van der Waals surface area (Å²) in [6.07, 6.45) is 3.46. The molecular formula is C21H18FN3O3. The highest BCUT2D eigenvalue weighted by atomic mass is 19.1. The Balaban J connectivity index is 1.73. The third kappa shape index (κ3) is 3.05. The van der Waals surface area contributed by atoms with E-state index in [2.05, 4.69) is 16.5 Å². The molecule has 2 N–H and O–H groups in total. The minimum Gasteiger partial charge on any atom is -0.507 e. The number of amides is 1. The molecule has 1 unspecified atom stereocenters. The molecule has 1 amide bonds. The van der Waals surface area contributed by atoms with Crippen molar-refractivity contribution >= 4 is 16.8 Å². The van der Waals surface area contributed by atoms with Crippen LogP contribution in [0.2, 0.25) is 0 Å². The van der Waals surface area contributed by atoms with Gasteiger partial charge in [0.1, 0.15) is 11.6 Å². The minimum atomic E-state index is -0.591. The molecule has 1 saturated heterocycles. The molecule has 1 atom stereocenters. The van der Waals surface area contributed by atoms with Gasteiger partial charge in [0.25, 0.3) is 5.56 Å². The number of carbonyl (C=O) groups is 1. The first kappa shape index (κ1) is 17.9. The molecule has 0 radical (unpaired) electrons. The number of nitrogens with zero attached hydrogens (tertiary/aromatic N) is 2. The van der Waals surface area contributed by atoms with Crippen LogP contribution >= 0.6 is 0 Å². The standard InChI is InChI=1S/C21H18FN3O3/c1-2-19(27)25-7-6-12(11-25)16-9-17-14(21(28)24-16)8-13(10-23-17)20-15(22)4-3-5-18(20)26/h2-5,8-10,12,26H,1,6-7,11H2,(H,24,28). The highest BCUT2D eigenvalue weighted by Crippen LogP contribution is 2.33. The van der Waals surface area contributed by atoms with Crippen molar-refractivity contribution in [3.63, 3.8) is 0 Å². The molecule has 1 aliphatic heterocycles. The molecular weight excluding hydrogens is 361 g/mol. The number of halogens is 1.